The monoisotopic (exact) mass is 560 g/mol. The molecule has 192 valence electrons. The Kier molecular flexibility index (Phi) is 8.49. The average molecular weight is 562 g/mol. The lowest BCUT2D eigenvalue weighted by atomic mass is 9.90. The van der Waals surface area contributed by atoms with Crippen molar-refractivity contribution < 1.29 is 14.1 Å². The Bertz CT molecular complexity index is 1270. The summed E-state index contributed by atoms with van der Waals surface area (Å²) in [6, 6.07) is 23.9. The predicted octanol–water partition coefficient (Wildman–Crippen LogP) is 6.61. The maximum absolute atomic E-state index is 11.9. The zero-order chi connectivity index (χ0) is 26.5. The Morgan fingerprint density at radius 2 is 1.43 bits per heavy atom. The van der Waals surface area contributed by atoms with Gasteiger partial charge in [0.25, 0.3) is 0 Å². The molecule has 0 radical (unpaired) electrons. The van der Waals surface area contributed by atoms with Crippen molar-refractivity contribution in [2.75, 3.05) is 51.1 Å². The molecule has 0 atom stereocenters. The van der Waals surface area contributed by atoms with E-state index < -0.39 is 0 Å². The number of allylic oxidation sites excluding steroid dienone is 1. The number of benzene rings is 3. The molecule has 0 saturated carbocycles. The van der Waals surface area contributed by atoms with E-state index in [0.717, 1.165) is 45.6 Å². The van der Waals surface area contributed by atoms with E-state index >= 15 is 0 Å². The molecule has 0 spiro atoms. The van der Waals surface area contributed by atoms with Gasteiger partial charge in [-0.25, -0.2) is 0 Å². The number of carbonyl (C=O) groups excluding carboxylic acids is 1. The van der Waals surface area contributed by atoms with Crippen LogP contribution in [0.2, 0.25) is 0 Å². The number of hydrogen-bond donors (Lipinski definition) is 0. The molecule has 0 aromatic heterocycles. The van der Waals surface area contributed by atoms with Crippen LogP contribution in [0.5, 0.6) is 0 Å². The van der Waals surface area contributed by atoms with E-state index in [1.165, 1.54) is 16.7 Å². The van der Waals surface area contributed by atoms with E-state index in [1.807, 2.05) is 6.92 Å². The minimum Gasteiger partial charge on any atom is -0.466 e. The first kappa shape index (κ1) is 26.7. The molecular weight excluding hydrogens is 526 g/mol. The maximum Gasteiger partial charge on any atom is 0.306 e. The molecule has 3 aromatic carbocycles. The van der Waals surface area contributed by atoms with Gasteiger partial charge in [0.15, 0.2) is 6.21 Å². The first-order valence-corrected chi connectivity index (χ1v) is 13.4. The van der Waals surface area contributed by atoms with Crippen LogP contribution < -0.4 is 9.80 Å². The van der Waals surface area contributed by atoms with Gasteiger partial charge in [-0.3, -0.25) is 4.79 Å². The zero-order valence-electron chi connectivity index (χ0n) is 22.3. The molecule has 0 N–H and O–H groups in total. The van der Waals surface area contributed by atoms with Crippen molar-refractivity contribution >= 4 is 56.3 Å². The summed E-state index contributed by atoms with van der Waals surface area (Å²) in [6.45, 7) is 3.00. The fourth-order valence-electron chi connectivity index (χ4n) is 4.61. The Labute approximate surface area is 228 Å². The zero-order valence-corrected chi connectivity index (χ0v) is 23.9. The molecule has 5 nitrogen and oxygen atoms in total. The molecule has 0 bridgehead atoms. The quantitative estimate of drug-likeness (QED) is 0.218. The van der Waals surface area contributed by atoms with Gasteiger partial charge in [-0.2, -0.15) is 4.58 Å². The number of hydrogen-bond acceptors (Lipinski definition) is 4. The largest absolute Gasteiger partial charge is 0.466 e. The van der Waals surface area contributed by atoms with Gasteiger partial charge >= 0.3 is 5.97 Å². The summed E-state index contributed by atoms with van der Waals surface area (Å²) in [5.74, 6) is -0.142. The Morgan fingerprint density at radius 1 is 0.865 bits per heavy atom. The van der Waals surface area contributed by atoms with Crippen molar-refractivity contribution in [1.29, 1.82) is 0 Å². The average Bonchev–Trinajstić information content (AvgIpc) is 3.22. The van der Waals surface area contributed by atoms with Crippen LogP contribution in [-0.2, 0) is 9.53 Å². The number of carbonyl (C=O) groups is 1. The minimum atomic E-state index is -0.142. The summed E-state index contributed by atoms with van der Waals surface area (Å²) in [5, 5.41) is 0. The Balaban J connectivity index is 1.84. The highest BCUT2D eigenvalue weighted by Gasteiger charge is 2.29. The SMILES string of the molecule is CCOC(=O)CCC[N+]1=CC(=C(c2ccc(N(C)C)cc2)c2ccc(N(C)C)cc2)c2cc(Br)ccc21. The van der Waals surface area contributed by atoms with E-state index in [1.54, 1.807) is 0 Å². The molecule has 0 amide bonds. The van der Waals surface area contributed by atoms with Gasteiger partial charge in [0.1, 0.15) is 6.54 Å². The van der Waals surface area contributed by atoms with Gasteiger partial charge in [0.05, 0.1) is 24.2 Å². The Hall–Kier alpha value is -3.38. The molecule has 0 fully saturated rings. The predicted molar refractivity (Wildman–Crippen MR) is 158 cm³/mol. The van der Waals surface area contributed by atoms with Crippen LogP contribution in [0.15, 0.2) is 71.2 Å². The summed E-state index contributed by atoms with van der Waals surface area (Å²) in [7, 11) is 8.23. The molecule has 0 aliphatic carbocycles. The molecule has 1 aliphatic heterocycles. The van der Waals surface area contributed by atoms with E-state index in [-0.39, 0.29) is 5.97 Å². The van der Waals surface area contributed by atoms with Crippen LogP contribution in [0.1, 0.15) is 36.5 Å². The minimum absolute atomic E-state index is 0.142. The second kappa shape index (κ2) is 11.8. The van der Waals surface area contributed by atoms with E-state index in [2.05, 4.69) is 131 Å². The fourth-order valence-corrected chi connectivity index (χ4v) is 4.97. The van der Waals surface area contributed by atoms with Crippen LogP contribution in [0, 0.1) is 0 Å². The number of esters is 1. The lowest BCUT2D eigenvalue weighted by Gasteiger charge is -2.17. The second-order valence-corrected chi connectivity index (χ2v) is 10.5. The van der Waals surface area contributed by atoms with Gasteiger partial charge in [-0.15, -0.1) is 0 Å². The molecule has 4 rings (SSSR count). The highest BCUT2D eigenvalue weighted by atomic mass is 79.9. The van der Waals surface area contributed by atoms with Crippen molar-refractivity contribution in [3.8, 4) is 0 Å². The number of halogens is 1. The van der Waals surface area contributed by atoms with Gasteiger partial charge < -0.3 is 14.5 Å². The van der Waals surface area contributed by atoms with Gasteiger partial charge in [0.2, 0.25) is 5.69 Å². The number of anilines is 2. The van der Waals surface area contributed by atoms with Crippen LogP contribution >= 0.6 is 15.9 Å². The first-order chi connectivity index (χ1) is 17.8. The lowest BCUT2D eigenvalue weighted by molar-refractivity contribution is -0.432. The molecular formula is C31H35BrN3O2+. The molecule has 0 unspecified atom stereocenters. The normalized spacial score (nSPS) is 12.2. The Morgan fingerprint density at radius 3 is 1.95 bits per heavy atom. The van der Waals surface area contributed by atoms with Crippen LogP contribution in [0.3, 0.4) is 0 Å². The van der Waals surface area contributed by atoms with Crippen molar-refractivity contribution in [3.05, 3.63) is 87.9 Å². The first-order valence-electron chi connectivity index (χ1n) is 12.7. The lowest BCUT2D eigenvalue weighted by Crippen LogP contribution is -2.10. The highest BCUT2D eigenvalue weighted by Crippen LogP contribution is 2.40. The van der Waals surface area contributed by atoms with Crippen LogP contribution in [0.25, 0.3) is 11.1 Å². The third-order valence-electron chi connectivity index (χ3n) is 6.54. The smallest absolute Gasteiger partial charge is 0.306 e. The molecule has 3 aromatic rings. The third kappa shape index (κ3) is 6.13. The van der Waals surface area contributed by atoms with Crippen LogP contribution in [0.4, 0.5) is 17.1 Å². The van der Waals surface area contributed by atoms with E-state index in [4.69, 9.17) is 4.74 Å². The van der Waals surface area contributed by atoms with E-state index in [0.29, 0.717) is 13.0 Å². The molecule has 37 heavy (non-hydrogen) atoms. The summed E-state index contributed by atoms with van der Waals surface area (Å²) in [5.41, 5.74) is 9.32. The summed E-state index contributed by atoms with van der Waals surface area (Å²) >= 11 is 3.69. The number of ether oxygens (including phenoxy) is 1. The second-order valence-electron chi connectivity index (χ2n) is 9.56. The number of rotatable bonds is 9. The van der Waals surface area contributed by atoms with Gasteiger partial charge in [0, 0.05) is 62.1 Å². The van der Waals surface area contributed by atoms with Crippen molar-refractivity contribution in [3.63, 3.8) is 0 Å². The molecule has 1 heterocycles. The highest BCUT2D eigenvalue weighted by molar-refractivity contribution is 9.10. The molecule has 6 heteroatoms. The maximum atomic E-state index is 11.9. The summed E-state index contributed by atoms with van der Waals surface area (Å²) in [6.07, 6.45) is 3.37. The fraction of sp³-hybridized carbons (Fsp3) is 0.290. The summed E-state index contributed by atoms with van der Waals surface area (Å²) in [4.78, 5) is 16.2. The number of fused-ring (bicyclic) bond motifs is 1. The molecule has 0 saturated heterocycles. The molecule has 1 aliphatic rings. The van der Waals surface area contributed by atoms with Crippen molar-refractivity contribution in [1.82, 2.24) is 0 Å². The van der Waals surface area contributed by atoms with Crippen molar-refractivity contribution in [2.45, 2.75) is 19.8 Å². The number of nitrogens with zero attached hydrogens (tertiary/aromatic N) is 3. The van der Waals surface area contributed by atoms with Crippen molar-refractivity contribution in [2.24, 2.45) is 0 Å². The topological polar surface area (TPSA) is 35.8 Å². The van der Waals surface area contributed by atoms with Crippen LogP contribution in [-0.4, -0.2) is 58.1 Å². The van der Waals surface area contributed by atoms with E-state index in [9.17, 15) is 4.79 Å². The third-order valence-corrected chi connectivity index (χ3v) is 7.04. The summed E-state index contributed by atoms with van der Waals surface area (Å²) < 4.78 is 8.43. The standard InChI is InChI=1S/C31H35BrN3O2/c1-6-37-30(36)8-7-19-35-21-28(27-20-24(32)13-18-29(27)35)31(22-9-14-25(15-10-22)33(2)3)23-11-16-26(17-12-23)34(4)5/h9-18,20-21H,6-8,19H2,1-5H3/q+1. The van der Waals surface area contributed by atoms with Gasteiger partial charge in [-0.05, 0) is 54.4 Å². The van der Waals surface area contributed by atoms with Gasteiger partial charge in [-0.1, -0.05) is 40.2 Å².